The molecule has 28 heavy (non-hydrogen) atoms. The summed E-state index contributed by atoms with van der Waals surface area (Å²) >= 11 is 0. The van der Waals surface area contributed by atoms with Crippen LogP contribution in [0.1, 0.15) is 61.0 Å². The number of hydrogen-bond donors (Lipinski definition) is 0. The molecule has 0 spiro atoms. The molecule has 7 nitrogen and oxygen atoms in total. The third-order valence-corrected chi connectivity index (χ3v) is 4.71. The minimum Gasteiger partial charge on any atom is -0.444 e. The van der Waals surface area contributed by atoms with Crippen LogP contribution in [0.2, 0.25) is 0 Å². The van der Waals surface area contributed by atoms with Crippen LogP contribution in [-0.2, 0) is 4.74 Å². The second-order valence-electron chi connectivity index (χ2n) is 8.38. The number of rotatable bonds is 3. The molecule has 1 aromatic heterocycles. The summed E-state index contributed by atoms with van der Waals surface area (Å²) in [5, 5.41) is 8.05. The Morgan fingerprint density at radius 3 is 2.39 bits per heavy atom. The second kappa shape index (κ2) is 7.37. The molecule has 0 aliphatic carbocycles. The lowest BCUT2D eigenvalue weighted by Gasteiger charge is -2.27. The van der Waals surface area contributed by atoms with Gasteiger partial charge in [0.05, 0.1) is 0 Å². The van der Waals surface area contributed by atoms with Crippen molar-refractivity contribution < 1.29 is 18.7 Å². The number of Topliss-reactive ketones (excluding diaryl/α,β-unsaturated/α-hetero) is 1. The summed E-state index contributed by atoms with van der Waals surface area (Å²) in [6, 6.07) is 3.44. The second-order valence-corrected chi connectivity index (χ2v) is 8.38. The molecule has 3 rings (SSSR count). The van der Waals surface area contributed by atoms with Gasteiger partial charge in [0.2, 0.25) is 11.7 Å². The molecular weight excluding hydrogens is 358 g/mol. The van der Waals surface area contributed by atoms with Crippen molar-refractivity contribution >= 4 is 11.9 Å². The van der Waals surface area contributed by atoms with E-state index < -0.39 is 17.7 Å². The smallest absolute Gasteiger partial charge is 0.410 e. The van der Waals surface area contributed by atoms with E-state index in [9.17, 15) is 9.59 Å². The molecule has 2 aromatic rings. The van der Waals surface area contributed by atoms with Crippen LogP contribution >= 0.6 is 0 Å². The first-order chi connectivity index (χ1) is 13.1. The van der Waals surface area contributed by atoms with Crippen molar-refractivity contribution in [1.82, 2.24) is 15.1 Å². The van der Waals surface area contributed by atoms with Crippen molar-refractivity contribution in [3.63, 3.8) is 0 Å². The van der Waals surface area contributed by atoms with Crippen LogP contribution in [0.3, 0.4) is 0 Å². The summed E-state index contributed by atoms with van der Waals surface area (Å²) < 4.78 is 11.1. The van der Waals surface area contributed by atoms with Gasteiger partial charge in [-0.25, -0.2) is 4.79 Å². The van der Waals surface area contributed by atoms with Crippen LogP contribution in [0, 0.1) is 20.8 Å². The van der Waals surface area contributed by atoms with E-state index in [0.29, 0.717) is 18.9 Å². The van der Waals surface area contributed by atoms with Crippen molar-refractivity contribution in [3.8, 4) is 11.5 Å². The van der Waals surface area contributed by atoms with Crippen LogP contribution in [0.15, 0.2) is 16.5 Å². The Morgan fingerprint density at radius 1 is 1.14 bits per heavy atom. The van der Waals surface area contributed by atoms with E-state index in [0.717, 1.165) is 28.7 Å². The fraction of sp³-hybridized carbons (Fsp3) is 0.524. The van der Waals surface area contributed by atoms with E-state index in [4.69, 9.17) is 9.15 Å². The number of carbonyl (C=O) groups excluding carboxylic acids is 2. The quantitative estimate of drug-likeness (QED) is 0.735. The zero-order chi connectivity index (χ0) is 20.6. The van der Waals surface area contributed by atoms with E-state index in [1.54, 1.807) is 20.8 Å². The van der Waals surface area contributed by atoms with E-state index in [-0.39, 0.29) is 11.7 Å². The fourth-order valence-electron chi connectivity index (χ4n) is 3.66. The molecule has 1 aromatic carbocycles. The summed E-state index contributed by atoms with van der Waals surface area (Å²) in [6.45, 7) is 11.8. The van der Waals surface area contributed by atoms with E-state index in [2.05, 4.69) is 10.2 Å². The molecule has 1 aliphatic rings. The number of aryl methyl sites for hydroxylation is 3. The van der Waals surface area contributed by atoms with Gasteiger partial charge in [0.1, 0.15) is 11.6 Å². The van der Waals surface area contributed by atoms with Crippen LogP contribution in [0.4, 0.5) is 4.79 Å². The molecule has 0 unspecified atom stereocenters. The Labute approximate surface area is 165 Å². The molecule has 0 saturated carbocycles. The van der Waals surface area contributed by atoms with Gasteiger partial charge in [0, 0.05) is 12.1 Å². The minimum absolute atomic E-state index is 0.0742. The predicted octanol–water partition coefficient (Wildman–Crippen LogP) is 4.24. The largest absolute Gasteiger partial charge is 0.444 e. The van der Waals surface area contributed by atoms with Crippen molar-refractivity contribution in [2.24, 2.45) is 0 Å². The van der Waals surface area contributed by atoms with Crippen LogP contribution in [-0.4, -0.2) is 45.2 Å². The maximum absolute atomic E-state index is 13.0. The highest BCUT2D eigenvalue weighted by molar-refractivity contribution is 5.98. The average Bonchev–Trinajstić information content (AvgIpc) is 3.21. The Hall–Kier alpha value is -2.70. The van der Waals surface area contributed by atoms with Crippen molar-refractivity contribution in [2.45, 2.75) is 66.0 Å². The summed E-state index contributed by atoms with van der Waals surface area (Å²) in [5.74, 6) is -0.0977. The van der Waals surface area contributed by atoms with Crippen LogP contribution < -0.4 is 0 Å². The summed E-state index contributed by atoms with van der Waals surface area (Å²) in [6.07, 6.45) is 0.791. The summed E-state index contributed by atoms with van der Waals surface area (Å²) in [7, 11) is 0. The molecule has 0 radical (unpaired) electrons. The maximum atomic E-state index is 13.0. The summed E-state index contributed by atoms with van der Waals surface area (Å²) in [5.41, 5.74) is 3.39. The standard InChI is InChI=1S/C21H27N3O4/c1-12-10-13(2)16(14(3)11-12)18-22-23-19(27-18)17(25)15-8-7-9-24(15)20(26)28-21(4,5)6/h10-11,15H,7-9H2,1-6H3/t15-/m0/s1. The van der Waals surface area contributed by atoms with Gasteiger partial charge in [-0.2, -0.15) is 0 Å². The normalized spacial score (nSPS) is 17.1. The number of ether oxygens (including phenoxy) is 1. The molecular formula is C21H27N3O4. The minimum atomic E-state index is -0.636. The SMILES string of the molecule is Cc1cc(C)c(-c2nnc(C(=O)[C@@H]3CCCN3C(=O)OC(C)(C)C)o2)c(C)c1. The monoisotopic (exact) mass is 385 g/mol. The highest BCUT2D eigenvalue weighted by Crippen LogP contribution is 2.29. The first-order valence-electron chi connectivity index (χ1n) is 9.52. The Kier molecular flexibility index (Phi) is 5.28. The van der Waals surface area contributed by atoms with Gasteiger partial charge >= 0.3 is 6.09 Å². The highest BCUT2D eigenvalue weighted by atomic mass is 16.6. The molecule has 1 fully saturated rings. The molecule has 1 aliphatic heterocycles. The highest BCUT2D eigenvalue weighted by Gasteiger charge is 2.39. The van der Waals surface area contributed by atoms with Gasteiger partial charge in [-0.05, 0) is 65.5 Å². The number of amides is 1. The third-order valence-electron chi connectivity index (χ3n) is 4.71. The lowest BCUT2D eigenvalue weighted by atomic mass is 10.00. The molecule has 150 valence electrons. The lowest BCUT2D eigenvalue weighted by molar-refractivity contribution is 0.0219. The molecule has 7 heteroatoms. The Morgan fingerprint density at radius 2 is 1.79 bits per heavy atom. The summed E-state index contributed by atoms with van der Waals surface area (Å²) in [4.78, 5) is 26.8. The number of ketones is 1. The zero-order valence-corrected chi connectivity index (χ0v) is 17.3. The van der Waals surface area contributed by atoms with Gasteiger partial charge in [0.15, 0.2) is 0 Å². The molecule has 0 bridgehead atoms. The Bertz CT molecular complexity index is 888. The number of carbonyl (C=O) groups is 2. The molecule has 1 amide bonds. The van der Waals surface area contributed by atoms with Crippen molar-refractivity contribution in [1.29, 1.82) is 0 Å². The number of aromatic nitrogens is 2. The van der Waals surface area contributed by atoms with Crippen molar-refractivity contribution in [2.75, 3.05) is 6.54 Å². The first-order valence-corrected chi connectivity index (χ1v) is 9.52. The van der Waals surface area contributed by atoms with Crippen molar-refractivity contribution in [3.05, 3.63) is 34.7 Å². The van der Waals surface area contributed by atoms with Crippen LogP contribution in [0.25, 0.3) is 11.5 Å². The number of hydrogen-bond acceptors (Lipinski definition) is 6. The average molecular weight is 385 g/mol. The number of likely N-dealkylation sites (tertiary alicyclic amines) is 1. The number of benzene rings is 1. The zero-order valence-electron chi connectivity index (χ0n) is 17.3. The third kappa shape index (κ3) is 4.08. The van der Waals surface area contributed by atoms with Gasteiger partial charge in [-0.15, -0.1) is 10.2 Å². The van der Waals surface area contributed by atoms with E-state index in [1.165, 1.54) is 4.90 Å². The molecule has 1 saturated heterocycles. The lowest BCUT2D eigenvalue weighted by Crippen LogP contribution is -2.43. The maximum Gasteiger partial charge on any atom is 0.410 e. The van der Waals surface area contributed by atoms with Gasteiger partial charge < -0.3 is 9.15 Å². The van der Waals surface area contributed by atoms with Crippen LogP contribution in [0.5, 0.6) is 0 Å². The molecule has 1 atom stereocenters. The molecule has 0 N–H and O–H groups in total. The Balaban J connectivity index is 1.83. The van der Waals surface area contributed by atoms with Gasteiger partial charge in [-0.1, -0.05) is 17.7 Å². The predicted molar refractivity (Wildman–Crippen MR) is 104 cm³/mol. The first kappa shape index (κ1) is 20.0. The van der Waals surface area contributed by atoms with E-state index >= 15 is 0 Å². The van der Waals surface area contributed by atoms with E-state index in [1.807, 2.05) is 32.9 Å². The van der Waals surface area contributed by atoms with Gasteiger partial charge in [-0.3, -0.25) is 9.69 Å². The topological polar surface area (TPSA) is 85.5 Å². The molecule has 2 heterocycles. The number of nitrogens with zero attached hydrogens (tertiary/aromatic N) is 3. The fourth-order valence-corrected chi connectivity index (χ4v) is 3.66. The van der Waals surface area contributed by atoms with Gasteiger partial charge in [0.25, 0.3) is 5.89 Å².